The molecule has 0 aliphatic carbocycles. The van der Waals surface area contributed by atoms with E-state index in [9.17, 15) is 22.4 Å². The Bertz CT molecular complexity index is 1150. The van der Waals surface area contributed by atoms with Crippen LogP contribution in [0.3, 0.4) is 0 Å². The average molecular weight is 431 g/mol. The third-order valence-electron chi connectivity index (χ3n) is 4.48. The second kappa shape index (κ2) is 8.87. The fraction of sp³-hybridized carbons (Fsp3) is 0.190. The van der Waals surface area contributed by atoms with Crippen LogP contribution in [0.25, 0.3) is 5.69 Å². The molecular weight excluding hydrogens is 414 g/mol. The number of benzene rings is 2. The summed E-state index contributed by atoms with van der Waals surface area (Å²) in [6.45, 7) is 1.65. The lowest BCUT2D eigenvalue weighted by Gasteiger charge is -2.14. The van der Waals surface area contributed by atoms with E-state index in [-0.39, 0.29) is 30.0 Å². The first-order valence-corrected chi connectivity index (χ1v) is 9.16. The number of para-hydroxylation sites is 1. The average Bonchev–Trinajstić information content (AvgIpc) is 3.17. The summed E-state index contributed by atoms with van der Waals surface area (Å²) in [6.07, 6.45) is -3.94. The van der Waals surface area contributed by atoms with Crippen molar-refractivity contribution in [2.45, 2.75) is 13.1 Å². The molecule has 31 heavy (non-hydrogen) atoms. The Morgan fingerprint density at radius 2 is 1.90 bits per heavy atom. The number of carbonyl (C=O) groups is 1. The van der Waals surface area contributed by atoms with Crippen LogP contribution >= 0.6 is 0 Å². The lowest BCUT2D eigenvalue weighted by molar-refractivity contribution is -0.143. The molecule has 0 aliphatic rings. The van der Waals surface area contributed by atoms with Crippen LogP contribution in [-0.4, -0.2) is 28.8 Å². The summed E-state index contributed by atoms with van der Waals surface area (Å²) in [5.41, 5.74) is -0.975. The Labute approximate surface area is 175 Å². The maximum atomic E-state index is 13.7. The minimum Gasteiger partial charge on any atom is -0.382 e. The predicted octanol–water partition coefficient (Wildman–Crippen LogP) is 4.05. The van der Waals surface area contributed by atoms with Crippen LogP contribution in [0.5, 0.6) is 0 Å². The van der Waals surface area contributed by atoms with Gasteiger partial charge in [-0.05, 0) is 30.7 Å². The molecule has 0 unspecified atom stereocenters. The summed E-state index contributed by atoms with van der Waals surface area (Å²) < 4.78 is 55.5. The molecule has 6 nitrogen and oxygen atoms in total. The maximum absolute atomic E-state index is 13.7. The fourth-order valence-electron chi connectivity index (χ4n) is 3.02. The molecule has 10 heteroatoms. The molecule has 0 bridgehead atoms. The highest BCUT2D eigenvalue weighted by atomic mass is 19.4. The zero-order chi connectivity index (χ0) is 22.6. The number of rotatable bonds is 6. The second-order valence-corrected chi connectivity index (χ2v) is 6.56. The van der Waals surface area contributed by atoms with E-state index in [0.717, 1.165) is 12.3 Å². The van der Waals surface area contributed by atoms with Crippen molar-refractivity contribution >= 4 is 11.6 Å². The molecule has 2 N–H and O–H groups in total. The van der Waals surface area contributed by atoms with Crippen molar-refractivity contribution in [3.8, 4) is 11.8 Å². The molecule has 2 aromatic carbocycles. The van der Waals surface area contributed by atoms with E-state index >= 15 is 0 Å². The van der Waals surface area contributed by atoms with Crippen molar-refractivity contribution in [1.29, 1.82) is 5.26 Å². The lowest BCUT2D eigenvalue weighted by Crippen LogP contribution is -2.30. The van der Waals surface area contributed by atoms with E-state index in [0.29, 0.717) is 10.2 Å². The number of anilines is 1. The van der Waals surface area contributed by atoms with Crippen LogP contribution in [0, 0.1) is 24.1 Å². The first-order valence-electron chi connectivity index (χ1n) is 9.16. The van der Waals surface area contributed by atoms with Crippen LogP contribution < -0.4 is 10.6 Å². The highest BCUT2D eigenvalue weighted by Gasteiger charge is 2.40. The quantitative estimate of drug-likeness (QED) is 0.456. The summed E-state index contributed by atoms with van der Waals surface area (Å²) in [5, 5.41) is 17.9. The van der Waals surface area contributed by atoms with Crippen LogP contribution in [0.2, 0.25) is 0 Å². The van der Waals surface area contributed by atoms with Gasteiger partial charge in [-0.15, -0.1) is 0 Å². The Hall–Kier alpha value is -3.87. The molecule has 0 atom stereocenters. The van der Waals surface area contributed by atoms with E-state index in [4.69, 9.17) is 5.26 Å². The van der Waals surface area contributed by atoms with Crippen molar-refractivity contribution in [3.63, 3.8) is 0 Å². The Morgan fingerprint density at radius 1 is 1.16 bits per heavy atom. The lowest BCUT2D eigenvalue weighted by atomic mass is 10.1. The molecule has 1 heterocycles. The zero-order valence-corrected chi connectivity index (χ0v) is 16.3. The fourth-order valence-corrected chi connectivity index (χ4v) is 3.02. The molecule has 0 spiro atoms. The van der Waals surface area contributed by atoms with Crippen molar-refractivity contribution in [1.82, 2.24) is 15.1 Å². The maximum Gasteiger partial charge on any atom is 0.434 e. The van der Waals surface area contributed by atoms with Crippen LogP contribution in [0.1, 0.15) is 27.2 Å². The van der Waals surface area contributed by atoms with E-state index in [1.54, 1.807) is 31.2 Å². The number of hydrogen-bond acceptors (Lipinski definition) is 4. The second-order valence-electron chi connectivity index (χ2n) is 6.56. The summed E-state index contributed by atoms with van der Waals surface area (Å²) >= 11 is 0. The third-order valence-corrected chi connectivity index (χ3v) is 4.48. The number of nitrogens with zero attached hydrogens (tertiary/aromatic N) is 3. The van der Waals surface area contributed by atoms with Gasteiger partial charge in [-0.3, -0.25) is 4.79 Å². The number of nitriles is 1. The Balaban J connectivity index is 1.75. The molecule has 0 aliphatic heterocycles. The number of hydrogen-bond donors (Lipinski definition) is 2. The largest absolute Gasteiger partial charge is 0.434 e. The van der Waals surface area contributed by atoms with Gasteiger partial charge in [0.1, 0.15) is 17.4 Å². The minimum atomic E-state index is -4.81. The van der Waals surface area contributed by atoms with Gasteiger partial charge in [0.2, 0.25) is 0 Å². The van der Waals surface area contributed by atoms with Gasteiger partial charge in [-0.1, -0.05) is 24.3 Å². The number of aryl methyl sites for hydroxylation is 1. The smallest absolute Gasteiger partial charge is 0.382 e. The highest BCUT2D eigenvalue weighted by Crippen LogP contribution is 2.34. The molecule has 1 aromatic heterocycles. The monoisotopic (exact) mass is 431 g/mol. The van der Waals surface area contributed by atoms with Gasteiger partial charge in [0.15, 0.2) is 5.69 Å². The molecule has 3 aromatic rings. The first kappa shape index (κ1) is 21.8. The highest BCUT2D eigenvalue weighted by molar-refractivity contribution is 5.95. The normalized spacial score (nSPS) is 11.1. The molecule has 3 rings (SSSR count). The van der Waals surface area contributed by atoms with Gasteiger partial charge in [0, 0.05) is 13.1 Å². The van der Waals surface area contributed by atoms with Crippen LogP contribution in [0.15, 0.2) is 48.7 Å². The Morgan fingerprint density at radius 3 is 2.58 bits per heavy atom. The topological polar surface area (TPSA) is 82.7 Å². The van der Waals surface area contributed by atoms with E-state index in [2.05, 4.69) is 15.7 Å². The summed E-state index contributed by atoms with van der Waals surface area (Å²) in [6, 6.07) is 12.1. The van der Waals surface area contributed by atoms with E-state index < -0.39 is 29.2 Å². The molecule has 0 saturated carbocycles. The van der Waals surface area contributed by atoms with Gasteiger partial charge in [0.05, 0.1) is 23.1 Å². The van der Waals surface area contributed by atoms with Gasteiger partial charge >= 0.3 is 6.18 Å². The third kappa shape index (κ3) is 4.66. The van der Waals surface area contributed by atoms with Gasteiger partial charge in [-0.2, -0.15) is 23.5 Å². The number of aromatic nitrogens is 2. The van der Waals surface area contributed by atoms with Crippen molar-refractivity contribution in [3.05, 3.63) is 76.9 Å². The molecular formula is C21H17F4N5O. The van der Waals surface area contributed by atoms with E-state index in [1.165, 1.54) is 18.2 Å². The number of alkyl halides is 3. The summed E-state index contributed by atoms with van der Waals surface area (Å²) in [7, 11) is 0. The standard InChI is InChI=1S/C21H17F4N5O/c1-13-5-2-3-8-18(13)30-19(21(23,24)25)15(12-29-30)20(31)28-10-9-27-17-7-4-6-16(22)14(17)11-26/h2-8,12,27H,9-10H2,1H3,(H,28,31). The first-order chi connectivity index (χ1) is 14.7. The summed E-state index contributed by atoms with van der Waals surface area (Å²) in [5.74, 6) is -1.65. The predicted molar refractivity (Wildman–Crippen MR) is 105 cm³/mol. The Kier molecular flexibility index (Phi) is 6.25. The molecule has 0 saturated heterocycles. The van der Waals surface area contributed by atoms with Gasteiger partial charge in [-0.25, -0.2) is 9.07 Å². The van der Waals surface area contributed by atoms with Crippen molar-refractivity contribution in [2.75, 3.05) is 18.4 Å². The molecule has 0 radical (unpaired) electrons. The molecule has 1 amide bonds. The van der Waals surface area contributed by atoms with Crippen LogP contribution in [-0.2, 0) is 6.18 Å². The zero-order valence-electron chi connectivity index (χ0n) is 16.3. The molecule has 0 fully saturated rings. The number of nitrogens with one attached hydrogen (secondary N) is 2. The van der Waals surface area contributed by atoms with Crippen molar-refractivity contribution in [2.24, 2.45) is 0 Å². The van der Waals surface area contributed by atoms with E-state index in [1.807, 2.05) is 0 Å². The van der Waals surface area contributed by atoms with Crippen molar-refractivity contribution < 1.29 is 22.4 Å². The van der Waals surface area contributed by atoms with Gasteiger partial charge in [0.25, 0.3) is 5.91 Å². The minimum absolute atomic E-state index is 0.0624. The number of halogens is 4. The van der Waals surface area contributed by atoms with Gasteiger partial charge < -0.3 is 10.6 Å². The molecule has 160 valence electrons. The summed E-state index contributed by atoms with van der Waals surface area (Å²) in [4.78, 5) is 12.4. The van der Waals surface area contributed by atoms with Crippen LogP contribution in [0.4, 0.5) is 23.2 Å². The number of amides is 1. The number of carbonyl (C=O) groups excluding carboxylic acids is 1. The SMILES string of the molecule is Cc1ccccc1-n1ncc(C(=O)NCCNc2cccc(F)c2C#N)c1C(F)(F)F.